The van der Waals surface area contributed by atoms with Crippen LogP contribution in [0.2, 0.25) is 0 Å². The lowest BCUT2D eigenvalue weighted by atomic mass is 9.83. The molecule has 0 saturated heterocycles. The second-order valence-corrected chi connectivity index (χ2v) is 10.8. The van der Waals surface area contributed by atoms with Crippen molar-refractivity contribution < 1.29 is 0 Å². The summed E-state index contributed by atoms with van der Waals surface area (Å²) < 4.78 is 2.37. The highest BCUT2D eigenvalue weighted by Gasteiger charge is 2.44. The smallest absolute Gasteiger partial charge is 0.0715 e. The monoisotopic (exact) mass is 500 g/mol. The van der Waals surface area contributed by atoms with Gasteiger partial charge in [0.1, 0.15) is 0 Å². The average Bonchev–Trinajstić information content (AvgIpc) is 3.47. The van der Waals surface area contributed by atoms with Gasteiger partial charge in [0.15, 0.2) is 0 Å². The third-order valence-electron chi connectivity index (χ3n) is 8.59. The molecule has 0 unspecified atom stereocenters. The zero-order chi connectivity index (χ0) is 26.0. The summed E-state index contributed by atoms with van der Waals surface area (Å²) in [4.78, 5) is 2.52. The van der Waals surface area contributed by atoms with E-state index in [1.165, 1.54) is 61.1 Å². The van der Waals surface area contributed by atoms with Crippen LogP contribution in [0.1, 0.15) is 18.9 Å². The molecular formula is C37H28N2. The molecule has 0 fully saturated rings. The van der Waals surface area contributed by atoms with Gasteiger partial charge >= 0.3 is 0 Å². The SMILES string of the molecule is C[C@]12CC=CC=C1c1ccccc1N2c1ccc(-c2ccc(-n3c4ccccc4c4ccccc43)cc2)cc1. The first-order valence-corrected chi connectivity index (χ1v) is 13.7. The molecule has 1 atom stereocenters. The van der Waals surface area contributed by atoms with E-state index in [0.717, 1.165) is 6.42 Å². The fourth-order valence-corrected chi connectivity index (χ4v) is 6.74. The lowest BCUT2D eigenvalue weighted by Crippen LogP contribution is -2.40. The number of anilines is 2. The molecule has 39 heavy (non-hydrogen) atoms. The maximum Gasteiger partial charge on any atom is 0.0715 e. The molecule has 1 aliphatic heterocycles. The van der Waals surface area contributed by atoms with Gasteiger partial charge in [0.25, 0.3) is 0 Å². The first-order valence-electron chi connectivity index (χ1n) is 13.7. The van der Waals surface area contributed by atoms with Gasteiger partial charge in [0.05, 0.1) is 16.6 Å². The molecular weight excluding hydrogens is 472 g/mol. The van der Waals surface area contributed by atoms with Gasteiger partial charge in [0, 0.05) is 33.4 Å². The van der Waals surface area contributed by atoms with Crippen molar-refractivity contribution in [2.45, 2.75) is 18.9 Å². The molecule has 0 spiro atoms. The Morgan fingerprint density at radius 1 is 0.590 bits per heavy atom. The number of nitrogens with zero attached hydrogens (tertiary/aromatic N) is 2. The number of benzene rings is 5. The van der Waals surface area contributed by atoms with Crippen LogP contribution >= 0.6 is 0 Å². The molecule has 2 nitrogen and oxygen atoms in total. The summed E-state index contributed by atoms with van der Waals surface area (Å²) in [5.74, 6) is 0. The van der Waals surface area contributed by atoms with Crippen LogP contribution in [0.4, 0.5) is 11.4 Å². The Hall–Kier alpha value is -4.82. The van der Waals surface area contributed by atoms with Crippen LogP contribution in [0.3, 0.4) is 0 Å². The fraction of sp³-hybridized carbons (Fsp3) is 0.0811. The number of hydrogen-bond donors (Lipinski definition) is 0. The first kappa shape index (κ1) is 22.2. The van der Waals surface area contributed by atoms with Crippen molar-refractivity contribution in [3.63, 3.8) is 0 Å². The van der Waals surface area contributed by atoms with Crippen molar-refractivity contribution in [2.75, 3.05) is 4.90 Å². The minimum atomic E-state index is -0.0656. The van der Waals surface area contributed by atoms with Crippen molar-refractivity contribution in [1.29, 1.82) is 0 Å². The fourth-order valence-electron chi connectivity index (χ4n) is 6.74. The van der Waals surface area contributed by atoms with Crippen LogP contribution in [0.5, 0.6) is 0 Å². The van der Waals surface area contributed by atoms with Crippen molar-refractivity contribution >= 4 is 38.8 Å². The van der Waals surface area contributed by atoms with E-state index in [4.69, 9.17) is 0 Å². The van der Waals surface area contributed by atoms with Gasteiger partial charge in [-0.25, -0.2) is 0 Å². The summed E-state index contributed by atoms with van der Waals surface area (Å²) >= 11 is 0. The summed E-state index contributed by atoms with van der Waals surface area (Å²) in [6.45, 7) is 2.36. The predicted octanol–water partition coefficient (Wildman–Crippen LogP) is 9.70. The maximum atomic E-state index is 2.52. The highest BCUT2D eigenvalue weighted by Crippen LogP contribution is 2.53. The van der Waals surface area contributed by atoms with E-state index in [9.17, 15) is 0 Å². The zero-order valence-corrected chi connectivity index (χ0v) is 21.9. The van der Waals surface area contributed by atoms with Crippen molar-refractivity contribution in [1.82, 2.24) is 4.57 Å². The average molecular weight is 501 g/mol. The number of para-hydroxylation sites is 3. The summed E-state index contributed by atoms with van der Waals surface area (Å²) in [5, 5.41) is 2.58. The number of fused-ring (bicyclic) bond motifs is 6. The van der Waals surface area contributed by atoms with Gasteiger partial charge in [-0.05, 0) is 72.5 Å². The van der Waals surface area contributed by atoms with Crippen LogP contribution in [0, 0.1) is 0 Å². The van der Waals surface area contributed by atoms with Gasteiger partial charge in [-0.15, -0.1) is 0 Å². The minimum Gasteiger partial charge on any atom is -0.331 e. The topological polar surface area (TPSA) is 8.17 Å². The Balaban J connectivity index is 1.16. The van der Waals surface area contributed by atoms with Gasteiger partial charge in [-0.2, -0.15) is 0 Å². The summed E-state index contributed by atoms with van der Waals surface area (Å²) in [6, 6.07) is 44.2. The lowest BCUT2D eigenvalue weighted by molar-refractivity contribution is 0.607. The van der Waals surface area contributed by atoms with Gasteiger partial charge < -0.3 is 9.47 Å². The van der Waals surface area contributed by atoms with E-state index in [1.54, 1.807) is 0 Å². The lowest BCUT2D eigenvalue weighted by Gasteiger charge is -2.39. The minimum absolute atomic E-state index is 0.0656. The molecule has 186 valence electrons. The number of allylic oxidation sites excluding steroid dienone is 2. The van der Waals surface area contributed by atoms with Crippen LogP contribution in [0.15, 0.2) is 140 Å². The van der Waals surface area contributed by atoms with Crippen LogP contribution in [0.25, 0.3) is 44.2 Å². The molecule has 2 heterocycles. The second-order valence-electron chi connectivity index (χ2n) is 10.8. The van der Waals surface area contributed by atoms with Crippen molar-refractivity contribution in [3.8, 4) is 16.8 Å². The van der Waals surface area contributed by atoms with E-state index < -0.39 is 0 Å². The van der Waals surface area contributed by atoms with Gasteiger partial charge in [-0.1, -0.05) is 97.1 Å². The third kappa shape index (κ3) is 3.21. The van der Waals surface area contributed by atoms with Crippen LogP contribution in [-0.2, 0) is 0 Å². The molecule has 0 bridgehead atoms. The Kier molecular flexibility index (Phi) is 4.75. The molecule has 8 rings (SSSR count). The molecule has 6 aromatic rings. The quantitative estimate of drug-likeness (QED) is 0.235. The summed E-state index contributed by atoms with van der Waals surface area (Å²) in [6.07, 6.45) is 7.77. The first-order chi connectivity index (χ1) is 19.2. The third-order valence-corrected chi connectivity index (χ3v) is 8.59. The van der Waals surface area contributed by atoms with E-state index in [1.807, 2.05) is 0 Å². The largest absolute Gasteiger partial charge is 0.331 e. The number of rotatable bonds is 3. The number of aromatic nitrogens is 1. The second kappa shape index (κ2) is 8.34. The predicted molar refractivity (Wildman–Crippen MR) is 165 cm³/mol. The molecule has 0 saturated carbocycles. The maximum absolute atomic E-state index is 2.52. The normalized spacial score (nSPS) is 17.9. The van der Waals surface area contributed by atoms with E-state index >= 15 is 0 Å². The standard InChI is InChI=1S/C37H28N2/c1-37-25-9-8-13-33(37)32-12-4-7-16-36(32)39(37)29-23-19-27(20-24-29)26-17-21-28(22-18-26)38-34-14-5-2-10-30(34)31-11-3-6-15-35(31)38/h2-24H,25H2,1H3/t37-/m0/s1. The Bertz CT molecular complexity index is 1880. The summed E-state index contributed by atoms with van der Waals surface area (Å²) in [7, 11) is 0. The van der Waals surface area contributed by atoms with Crippen molar-refractivity contribution in [2.24, 2.45) is 0 Å². The van der Waals surface area contributed by atoms with Crippen molar-refractivity contribution in [3.05, 3.63) is 145 Å². The Morgan fingerprint density at radius 3 is 1.82 bits per heavy atom. The molecule has 0 radical (unpaired) electrons. The molecule has 1 aromatic heterocycles. The van der Waals surface area contributed by atoms with Gasteiger partial charge in [0.2, 0.25) is 0 Å². The molecule has 1 aliphatic carbocycles. The Morgan fingerprint density at radius 2 is 1.15 bits per heavy atom. The van der Waals surface area contributed by atoms with E-state index in [-0.39, 0.29) is 5.54 Å². The Labute approximate surface area is 228 Å². The summed E-state index contributed by atoms with van der Waals surface area (Å²) in [5.41, 5.74) is 11.3. The highest BCUT2D eigenvalue weighted by molar-refractivity contribution is 6.09. The molecule has 0 N–H and O–H groups in total. The zero-order valence-electron chi connectivity index (χ0n) is 21.9. The molecule has 2 aliphatic rings. The number of hydrogen-bond acceptors (Lipinski definition) is 1. The van der Waals surface area contributed by atoms with E-state index in [0.29, 0.717) is 0 Å². The highest BCUT2D eigenvalue weighted by atomic mass is 15.2. The van der Waals surface area contributed by atoms with Gasteiger partial charge in [-0.3, -0.25) is 0 Å². The molecule has 2 heteroatoms. The molecule has 0 amide bonds. The van der Waals surface area contributed by atoms with Crippen LogP contribution in [-0.4, -0.2) is 10.1 Å². The van der Waals surface area contributed by atoms with Crippen LogP contribution < -0.4 is 4.90 Å². The van der Waals surface area contributed by atoms with E-state index in [2.05, 4.69) is 156 Å². The molecule has 5 aromatic carbocycles.